The van der Waals surface area contributed by atoms with Gasteiger partial charge in [0.15, 0.2) is 0 Å². The topological polar surface area (TPSA) is 68.1 Å². The van der Waals surface area contributed by atoms with Crippen LogP contribution in [0.2, 0.25) is 0 Å². The SMILES string of the molecule is Cc1ccc(C(=O)N2CCc3nc4c(C)csc4c(=O)n3CC2)cn1. The van der Waals surface area contributed by atoms with Crippen molar-refractivity contribution in [2.45, 2.75) is 26.8 Å². The van der Waals surface area contributed by atoms with E-state index in [4.69, 9.17) is 4.98 Å². The summed E-state index contributed by atoms with van der Waals surface area (Å²) in [6.07, 6.45) is 2.19. The van der Waals surface area contributed by atoms with Crippen LogP contribution in [-0.4, -0.2) is 38.4 Å². The molecule has 1 amide bonds. The number of rotatable bonds is 1. The van der Waals surface area contributed by atoms with Crippen molar-refractivity contribution in [1.82, 2.24) is 19.4 Å². The summed E-state index contributed by atoms with van der Waals surface area (Å²) in [7, 11) is 0. The molecular formula is C18H18N4O2S. The molecule has 0 saturated carbocycles. The molecule has 0 spiro atoms. The predicted octanol–water partition coefficient (Wildman–Crippen LogP) is 2.17. The number of nitrogens with zero attached hydrogens (tertiary/aromatic N) is 4. The molecule has 0 atom stereocenters. The number of carbonyl (C=O) groups is 1. The van der Waals surface area contributed by atoms with Crippen molar-refractivity contribution in [2.24, 2.45) is 0 Å². The summed E-state index contributed by atoms with van der Waals surface area (Å²) in [5.41, 5.74) is 3.29. The van der Waals surface area contributed by atoms with Gasteiger partial charge in [0, 0.05) is 37.9 Å². The summed E-state index contributed by atoms with van der Waals surface area (Å²) in [6, 6.07) is 3.63. The Balaban J connectivity index is 1.64. The average molecular weight is 354 g/mol. The maximum absolute atomic E-state index is 12.7. The van der Waals surface area contributed by atoms with Crippen LogP contribution in [0.25, 0.3) is 10.2 Å². The minimum atomic E-state index is -0.0497. The minimum Gasteiger partial charge on any atom is -0.336 e. The summed E-state index contributed by atoms with van der Waals surface area (Å²) < 4.78 is 2.42. The van der Waals surface area contributed by atoms with Crippen LogP contribution in [0.3, 0.4) is 0 Å². The molecule has 0 aliphatic carbocycles. The van der Waals surface area contributed by atoms with E-state index in [-0.39, 0.29) is 11.5 Å². The summed E-state index contributed by atoms with van der Waals surface area (Å²) in [4.78, 5) is 36.1. The standard InChI is InChI=1S/C18H18N4O2S/c1-11-10-25-16-15(11)20-14-5-6-21(7-8-22(14)18(16)24)17(23)13-4-3-12(2)19-9-13/h3-4,9-10H,5-8H2,1-2H3. The predicted molar refractivity (Wildman–Crippen MR) is 97.2 cm³/mol. The Morgan fingerprint density at radius 2 is 2.04 bits per heavy atom. The molecule has 0 saturated heterocycles. The smallest absolute Gasteiger partial charge is 0.271 e. The highest BCUT2D eigenvalue weighted by Gasteiger charge is 2.22. The van der Waals surface area contributed by atoms with E-state index >= 15 is 0 Å². The lowest BCUT2D eigenvalue weighted by molar-refractivity contribution is 0.0758. The van der Waals surface area contributed by atoms with Gasteiger partial charge >= 0.3 is 0 Å². The first-order valence-electron chi connectivity index (χ1n) is 8.24. The van der Waals surface area contributed by atoms with Crippen LogP contribution in [-0.2, 0) is 13.0 Å². The lowest BCUT2D eigenvalue weighted by Gasteiger charge is -2.19. The Kier molecular flexibility index (Phi) is 3.88. The fraction of sp³-hybridized carbons (Fsp3) is 0.333. The highest BCUT2D eigenvalue weighted by molar-refractivity contribution is 7.17. The van der Waals surface area contributed by atoms with Gasteiger partial charge in [-0.25, -0.2) is 4.98 Å². The van der Waals surface area contributed by atoms with Gasteiger partial charge in [-0.1, -0.05) is 0 Å². The zero-order valence-corrected chi connectivity index (χ0v) is 15.0. The van der Waals surface area contributed by atoms with E-state index in [9.17, 15) is 9.59 Å². The monoisotopic (exact) mass is 354 g/mol. The first-order chi connectivity index (χ1) is 12.0. The van der Waals surface area contributed by atoms with Gasteiger partial charge in [-0.15, -0.1) is 11.3 Å². The van der Waals surface area contributed by atoms with Crippen molar-refractivity contribution in [1.29, 1.82) is 0 Å². The number of aromatic nitrogens is 3. The van der Waals surface area contributed by atoms with Gasteiger partial charge in [-0.05, 0) is 36.9 Å². The quantitative estimate of drug-likeness (QED) is 0.672. The van der Waals surface area contributed by atoms with E-state index in [0.717, 1.165) is 22.6 Å². The summed E-state index contributed by atoms with van der Waals surface area (Å²) in [6.45, 7) is 5.38. The van der Waals surface area contributed by atoms with E-state index in [1.165, 1.54) is 11.3 Å². The molecule has 1 aliphatic heterocycles. The zero-order chi connectivity index (χ0) is 17.6. The Morgan fingerprint density at radius 1 is 1.20 bits per heavy atom. The third-order valence-corrected chi connectivity index (χ3v) is 5.65. The Bertz CT molecular complexity index is 1020. The minimum absolute atomic E-state index is 0.00408. The van der Waals surface area contributed by atoms with Crippen molar-refractivity contribution < 1.29 is 4.79 Å². The van der Waals surface area contributed by atoms with Crippen molar-refractivity contribution in [3.8, 4) is 0 Å². The molecule has 0 fully saturated rings. The first-order valence-corrected chi connectivity index (χ1v) is 9.12. The van der Waals surface area contributed by atoms with Gasteiger partial charge < -0.3 is 4.90 Å². The molecule has 3 aromatic heterocycles. The molecule has 0 radical (unpaired) electrons. The van der Waals surface area contributed by atoms with Crippen molar-refractivity contribution in [3.63, 3.8) is 0 Å². The van der Waals surface area contributed by atoms with Gasteiger partial charge in [0.1, 0.15) is 10.5 Å². The molecule has 1 aliphatic rings. The van der Waals surface area contributed by atoms with Gasteiger partial charge in [-0.2, -0.15) is 0 Å². The van der Waals surface area contributed by atoms with Crippen molar-refractivity contribution in [2.75, 3.05) is 13.1 Å². The maximum atomic E-state index is 12.7. The third-order valence-electron chi connectivity index (χ3n) is 4.58. The second-order valence-corrected chi connectivity index (χ2v) is 7.19. The second-order valence-electron chi connectivity index (χ2n) is 6.31. The molecule has 25 heavy (non-hydrogen) atoms. The van der Waals surface area contributed by atoms with E-state index in [0.29, 0.717) is 36.3 Å². The molecule has 128 valence electrons. The number of hydrogen-bond donors (Lipinski definition) is 0. The lowest BCUT2D eigenvalue weighted by Crippen LogP contribution is -2.34. The average Bonchev–Trinajstić information content (AvgIpc) is 2.85. The number of carbonyl (C=O) groups excluding carboxylic acids is 1. The molecule has 0 bridgehead atoms. The number of fused-ring (bicyclic) bond motifs is 2. The molecule has 7 heteroatoms. The number of pyridine rings is 1. The van der Waals surface area contributed by atoms with E-state index in [2.05, 4.69) is 4.98 Å². The Labute approximate surface area is 148 Å². The molecule has 4 heterocycles. The Morgan fingerprint density at radius 3 is 2.80 bits per heavy atom. The van der Waals surface area contributed by atoms with Gasteiger partial charge in [0.25, 0.3) is 11.5 Å². The number of aryl methyl sites for hydroxylation is 2. The molecule has 0 unspecified atom stereocenters. The van der Waals surface area contributed by atoms with E-state index in [1.54, 1.807) is 21.7 Å². The van der Waals surface area contributed by atoms with Crippen molar-refractivity contribution >= 4 is 27.5 Å². The lowest BCUT2D eigenvalue weighted by atomic mass is 10.2. The van der Waals surface area contributed by atoms with Gasteiger partial charge in [-0.3, -0.25) is 19.1 Å². The normalized spacial score (nSPS) is 14.4. The Hall–Kier alpha value is -2.54. The second kappa shape index (κ2) is 6.07. The van der Waals surface area contributed by atoms with Crippen LogP contribution < -0.4 is 5.56 Å². The van der Waals surface area contributed by atoms with Crippen LogP contribution in [0.5, 0.6) is 0 Å². The fourth-order valence-corrected chi connectivity index (χ4v) is 4.06. The molecule has 6 nitrogen and oxygen atoms in total. The molecule has 0 N–H and O–H groups in total. The highest BCUT2D eigenvalue weighted by atomic mass is 32.1. The highest BCUT2D eigenvalue weighted by Crippen LogP contribution is 2.21. The fourth-order valence-electron chi connectivity index (χ4n) is 3.13. The molecule has 3 aromatic rings. The van der Waals surface area contributed by atoms with Crippen molar-refractivity contribution in [3.05, 3.63) is 56.7 Å². The van der Waals surface area contributed by atoms with Gasteiger partial charge in [0.05, 0.1) is 11.1 Å². The largest absolute Gasteiger partial charge is 0.336 e. The van der Waals surface area contributed by atoms with Crippen LogP contribution >= 0.6 is 11.3 Å². The molecule has 4 rings (SSSR count). The molecular weight excluding hydrogens is 336 g/mol. The van der Waals surface area contributed by atoms with Crippen LogP contribution in [0.4, 0.5) is 0 Å². The molecule has 0 aromatic carbocycles. The van der Waals surface area contributed by atoms with Crippen LogP contribution in [0.1, 0.15) is 27.4 Å². The zero-order valence-electron chi connectivity index (χ0n) is 14.2. The number of hydrogen-bond acceptors (Lipinski definition) is 5. The number of amides is 1. The summed E-state index contributed by atoms with van der Waals surface area (Å²) in [5, 5.41) is 1.97. The van der Waals surface area contributed by atoms with E-state index in [1.807, 2.05) is 25.3 Å². The number of thiophene rings is 1. The third kappa shape index (κ3) is 2.74. The van der Waals surface area contributed by atoms with Crippen LogP contribution in [0, 0.1) is 13.8 Å². The first kappa shape index (κ1) is 16.0. The summed E-state index contributed by atoms with van der Waals surface area (Å²) in [5.74, 6) is 0.711. The maximum Gasteiger partial charge on any atom is 0.271 e. The van der Waals surface area contributed by atoms with Gasteiger partial charge in [0.2, 0.25) is 0 Å². The summed E-state index contributed by atoms with van der Waals surface area (Å²) >= 11 is 1.44. The van der Waals surface area contributed by atoms with E-state index < -0.39 is 0 Å². The van der Waals surface area contributed by atoms with Crippen LogP contribution in [0.15, 0.2) is 28.5 Å².